The average molecular weight is 247 g/mol. The molecule has 0 atom stereocenters. The molecule has 1 aromatic carbocycles. The molecule has 0 bridgehead atoms. The highest BCUT2D eigenvalue weighted by atomic mass is 79.9. The van der Waals surface area contributed by atoms with E-state index in [0.29, 0.717) is 5.75 Å². The second kappa shape index (κ2) is 4.37. The lowest BCUT2D eigenvalue weighted by Crippen LogP contribution is -1.89. The lowest BCUT2D eigenvalue weighted by atomic mass is 10.1. The summed E-state index contributed by atoms with van der Waals surface area (Å²) >= 11 is 3.29. The van der Waals surface area contributed by atoms with E-state index in [1.54, 1.807) is 6.07 Å². The van der Waals surface area contributed by atoms with Crippen LogP contribution in [0.1, 0.15) is 5.56 Å². The molecule has 2 N–H and O–H groups in total. The predicted molar refractivity (Wildman–Crippen MR) is 53.8 cm³/mol. The molecular weight excluding hydrogens is 236 g/mol. The molecule has 4 heteroatoms. The number of hydrogen-bond acceptors (Lipinski definition) is 3. The van der Waals surface area contributed by atoms with Crippen LogP contribution in [0.2, 0.25) is 0 Å². The van der Waals surface area contributed by atoms with Crippen LogP contribution in [0.3, 0.4) is 0 Å². The van der Waals surface area contributed by atoms with Gasteiger partial charge in [0.25, 0.3) is 0 Å². The molecule has 0 spiro atoms. The molecule has 72 valence electrons. The first-order valence-electron chi connectivity index (χ1n) is 3.84. The molecule has 0 saturated carbocycles. The monoisotopic (exact) mass is 246 g/mol. The van der Waals surface area contributed by atoms with Crippen LogP contribution in [0.15, 0.2) is 12.1 Å². The van der Waals surface area contributed by atoms with Gasteiger partial charge in [0.2, 0.25) is 5.75 Å². The Labute approximate surface area is 85.1 Å². The highest BCUT2D eigenvalue weighted by Gasteiger charge is 2.08. The summed E-state index contributed by atoms with van der Waals surface area (Å²) in [7, 11) is 1.45. The number of alkyl halides is 1. The quantitative estimate of drug-likeness (QED) is 0.634. The van der Waals surface area contributed by atoms with Crippen molar-refractivity contribution in [1.29, 1.82) is 0 Å². The average Bonchev–Trinajstić information content (AvgIpc) is 2.11. The zero-order chi connectivity index (χ0) is 9.84. The number of phenols is 2. The van der Waals surface area contributed by atoms with E-state index in [4.69, 9.17) is 4.74 Å². The first-order valence-corrected chi connectivity index (χ1v) is 4.96. The summed E-state index contributed by atoms with van der Waals surface area (Å²) in [5.74, 6) is -0.0490. The number of aryl methyl sites for hydroxylation is 1. The minimum Gasteiger partial charge on any atom is -0.504 e. The molecule has 0 fully saturated rings. The lowest BCUT2D eigenvalue weighted by Gasteiger charge is -2.07. The Morgan fingerprint density at radius 2 is 2.08 bits per heavy atom. The van der Waals surface area contributed by atoms with Gasteiger partial charge < -0.3 is 14.9 Å². The standard InChI is InChI=1S/C9H11BrO3/c1-13-8-5-6(2-3-10)4-7(11)9(8)12/h4-5,11-12H,2-3H2,1H3. The Morgan fingerprint density at radius 3 is 2.62 bits per heavy atom. The van der Waals surface area contributed by atoms with Crippen LogP contribution in [0.4, 0.5) is 0 Å². The van der Waals surface area contributed by atoms with Crippen molar-refractivity contribution in [2.24, 2.45) is 0 Å². The minimum atomic E-state index is -0.208. The summed E-state index contributed by atoms with van der Waals surface area (Å²) in [5.41, 5.74) is 0.920. The highest BCUT2D eigenvalue weighted by Crippen LogP contribution is 2.36. The van der Waals surface area contributed by atoms with Gasteiger partial charge in [0, 0.05) is 5.33 Å². The summed E-state index contributed by atoms with van der Waals surface area (Å²) in [4.78, 5) is 0. The molecule has 0 aliphatic heterocycles. The fourth-order valence-corrected chi connectivity index (χ4v) is 1.52. The third-order valence-corrected chi connectivity index (χ3v) is 2.11. The summed E-state index contributed by atoms with van der Waals surface area (Å²) in [6.07, 6.45) is 0.782. The topological polar surface area (TPSA) is 49.7 Å². The largest absolute Gasteiger partial charge is 0.504 e. The zero-order valence-corrected chi connectivity index (χ0v) is 8.84. The van der Waals surface area contributed by atoms with E-state index < -0.39 is 0 Å². The molecule has 13 heavy (non-hydrogen) atoms. The molecule has 0 amide bonds. The third-order valence-electron chi connectivity index (χ3n) is 1.72. The Bertz CT molecular complexity index is 299. The molecule has 0 saturated heterocycles. The molecule has 3 nitrogen and oxygen atoms in total. The van der Waals surface area contributed by atoms with E-state index in [0.717, 1.165) is 17.3 Å². The van der Waals surface area contributed by atoms with Gasteiger partial charge >= 0.3 is 0 Å². The van der Waals surface area contributed by atoms with E-state index in [2.05, 4.69) is 15.9 Å². The summed E-state index contributed by atoms with van der Waals surface area (Å²) in [6, 6.07) is 3.23. The van der Waals surface area contributed by atoms with E-state index in [1.165, 1.54) is 13.2 Å². The minimum absolute atomic E-state index is 0.143. The number of benzene rings is 1. The molecule has 0 heterocycles. The maximum absolute atomic E-state index is 9.30. The number of methoxy groups -OCH3 is 1. The van der Waals surface area contributed by atoms with Crippen molar-refractivity contribution in [3.05, 3.63) is 17.7 Å². The number of halogens is 1. The fourth-order valence-electron chi connectivity index (χ4n) is 1.06. The van der Waals surface area contributed by atoms with Crippen molar-refractivity contribution < 1.29 is 14.9 Å². The normalized spacial score (nSPS) is 10.0. The molecule has 0 aliphatic rings. The van der Waals surface area contributed by atoms with Gasteiger partial charge in [0.1, 0.15) is 0 Å². The Morgan fingerprint density at radius 1 is 1.38 bits per heavy atom. The number of phenolic OH excluding ortho intramolecular Hbond substituents is 2. The third kappa shape index (κ3) is 2.28. The number of rotatable bonds is 3. The van der Waals surface area contributed by atoms with Crippen LogP contribution < -0.4 is 4.74 Å². The summed E-state index contributed by atoms with van der Waals surface area (Å²) in [6.45, 7) is 0. The Hall–Kier alpha value is -0.900. The summed E-state index contributed by atoms with van der Waals surface area (Å²) in [5, 5.41) is 19.4. The molecule has 0 aliphatic carbocycles. The molecule has 1 rings (SSSR count). The van der Waals surface area contributed by atoms with Gasteiger partial charge in [-0.3, -0.25) is 0 Å². The van der Waals surface area contributed by atoms with Gasteiger partial charge in [-0.05, 0) is 24.1 Å². The van der Waals surface area contributed by atoms with Gasteiger partial charge in [0.15, 0.2) is 11.5 Å². The van der Waals surface area contributed by atoms with E-state index in [1.807, 2.05) is 0 Å². The zero-order valence-electron chi connectivity index (χ0n) is 7.25. The van der Waals surface area contributed by atoms with Gasteiger partial charge in [-0.15, -0.1) is 0 Å². The smallest absolute Gasteiger partial charge is 0.200 e. The maximum Gasteiger partial charge on any atom is 0.200 e. The van der Waals surface area contributed by atoms with Gasteiger partial charge in [-0.1, -0.05) is 15.9 Å². The van der Waals surface area contributed by atoms with Crippen LogP contribution in [-0.2, 0) is 6.42 Å². The van der Waals surface area contributed by atoms with E-state index >= 15 is 0 Å². The van der Waals surface area contributed by atoms with Crippen LogP contribution >= 0.6 is 15.9 Å². The SMILES string of the molecule is COc1cc(CCBr)cc(O)c1O. The van der Waals surface area contributed by atoms with Crippen molar-refractivity contribution >= 4 is 15.9 Å². The van der Waals surface area contributed by atoms with Crippen molar-refractivity contribution in [2.45, 2.75) is 6.42 Å². The second-order valence-corrected chi connectivity index (χ2v) is 3.40. The number of aromatic hydroxyl groups is 2. The van der Waals surface area contributed by atoms with Crippen LogP contribution in [-0.4, -0.2) is 22.7 Å². The number of hydrogen-bond donors (Lipinski definition) is 2. The second-order valence-electron chi connectivity index (χ2n) is 2.60. The Kier molecular flexibility index (Phi) is 3.42. The lowest BCUT2D eigenvalue weighted by molar-refractivity contribution is 0.350. The first kappa shape index (κ1) is 10.2. The number of ether oxygens (including phenoxy) is 1. The van der Waals surface area contributed by atoms with Crippen molar-refractivity contribution in [2.75, 3.05) is 12.4 Å². The maximum atomic E-state index is 9.30. The summed E-state index contributed by atoms with van der Waals surface area (Å²) < 4.78 is 4.89. The predicted octanol–water partition coefficient (Wildman–Crippen LogP) is 2.04. The van der Waals surface area contributed by atoms with Gasteiger partial charge in [-0.25, -0.2) is 0 Å². The first-order chi connectivity index (χ1) is 6.19. The van der Waals surface area contributed by atoms with Crippen molar-refractivity contribution in [1.82, 2.24) is 0 Å². The molecular formula is C9H11BrO3. The van der Waals surface area contributed by atoms with Crippen molar-refractivity contribution in [3.8, 4) is 17.2 Å². The van der Waals surface area contributed by atoms with Crippen molar-refractivity contribution in [3.63, 3.8) is 0 Å². The van der Waals surface area contributed by atoms with E-state index in [-0.39, 0.29) is 11.5 Å². The molecule has 1 aromatic rings. The molecule has 0 unspecified atom stereocenters. The van der Waals surface area contributed by atoms with Gasteiger partial charge in [-0.2, -0.15) is 0 Å². The van der Waals surface area contributed by atoms with Crippen LogP contribution in [0, 0.1) is 0 Å². The molecule has 0 aromatic heterocycles. The molecule has 0 radical (unpaired) electrons. The highest BCUT2D eigenvalue weighted by molar-refractivity contribution is 9.09. The van der Waals surface area contributed by atoms with E-state index in [9.17, 15) is 10.2 Å². The van der Waals surface area contributed by atoms with Crippen LogP contribution in [0.25, 0.3) is 0 Å². The fraction of sp³-hybridized carbons (Fsp3) is 0.333. The van der Waals surface area contributed by atoms with Crippen LogP contribution in [0.5, 0.6) is 17.2 Å². The van der Waals surface area contributed by atoms with Gasteiger partial charge in [0.05, 0.1) is 7.11 Å². The Balaban J connectivity index is 3.06.